The topological polar surface area (TPSA) is 84.9 Å². The second-order valence-electron chi connectivity index (χ2n) is 7.68. The van der Waals surface area contributed by atoms with Crippen molar-refractivity contribution in [2.24, 2.45) is 0 Å². The lowest BCUT2D eigenvalue weighted by atomic mass is 10.0. The fourth-order valence-corrected chi connectivity index (χ4v) is 3.84. The Hall–Kier alpha value is -3.13. The third-order valence-electron chi connectivity index (χ3n) is 4.70. The van der Waals surface area contributed by atoms with Crippen molar-refractivity contribution >= 4 is 45.5 Å². The molecule has 1 fully saturated rings. The second-order valence-corrected chi connectivity index (χ2v) is 8.53. The van der Waals surface area contributed by atoms with E-state index in [1.807, 2.05) is 39.8 Å². The van der Waals surface area contributed by atoms with Gasteiger partial charge in [-0.05, 0) is 91.5 Å². The number of anilines is 1. The maximum Gasteiger partial charge on any atom is 0.335 e. The van der Waals surface area contributed by atoms with E-state index in [1.54, 1.807) is 25.1 Å². The molecule has 0 saturated carbocycles. The van der Waals surface area contributed by atoms with Gasteiger partial charge in [0.2, 0.25) is 0 Å². The molecule has 0 unspecified atom stereocenters. The van der Waals surface area contributed by atoms with Gasteiger partial charge in [0.1, 0.15) is 5.57 Å². The Labute approximate surface area is 195 Å². The van der Waals surface area contributed by atoms with Gasteiger partial charge in [-0.3, -0.25) is 14.9 Å². The number of nitrogens with zero attached hydrogens (tertiary/aromatic N) is 1. The van der Waals surface area contributed by atoms with Crippen molar-refractivity contribution in [1.29, 1.82) is 0 Å². The lowest BCUT2D eigenvalue weighted by Crippen LogP contribution is -2.54. The molecule has 0 radical (unpaired) electrons. The number of ether oxygens (including phenoxy) is 2. The zero-order chi connectivity index (χ0) is 23.6. The number of carbonyl (C=O) groups excluding carboxylic acids is 3. The number of amides is 4. The lowest BCUT2D eigenvalue weighted by Gasteiger charge is -2.28. The number of hydrogen-bond acceptors (Lipinski definition) is 5. The van der Waals surface area contributed by atoms with Gasteiger partial charge in [0.15, 0.2) is 11.5 Å². The van der Waals surface area contributed by atoms with Gasteiger partial charge in [-0.15, -0.1) is 0 Å². The minimum absolute atomic E-state index is 0.0717. The Bertz CT molecular complexity index is 1120. The number of halogens is 1. The van der Waals surface area contributed by atoms with Crippen LogP contribution in [-0.2, 0) is 9.59 Å². The minimum atomic E-state index is -0.775. The van der Waals surface area contributed by atoms with Gasteiger partial charge in [0.05, 0.1) is 22.9 Å². The van der Waals surface area contributed by atoms with Crippen LogP contribution in [-0.4, -0.2) is 30.6 Å². The highest BCUT2D eigenvalue weighted by Gasteiger charge is 2.37. The number of urea groups is 1. The van der Waals surface area contributed by atoms with Crippen LogP contribution >= 0.6 is 15.9 Å². The van der Waals surface area contributed by atoms with Gasteiger partial charge in [-0.25, -0.2) is 9.69 Å². The summed E-state index contributed by atoms with van der Waals surface area (Å²) in [5, 5.41) is 2.26. The van der Waals surface area contributed by atoms with E-state index < -0.39 is 17.8 Å². The third-order valence-corrected chi connectivity index (χ3v) is 5.29. The molecule has 0 bridgehead atoms. The number of rotatable bonds is 6. The Kier molecular flexibility index (Phi) is 7.03. The molecule has 32 heavy (non-hydrogen) atoms. The molecule has 0 atom stereocenters. The van der Waals surface area contributed by atoms with Crippen LogP contribution in [0.4, 0.5) is 10.5 Å². The van der Waals surface area contributed by atoms with Crippen molar-refractivity contribution in [3.63, 3.8) is 0 Å². The van der Waals surface area contributed by atoms with Crippen molar-refractivity contribution in [3.05, 3.63) is 57.1 Å². The first-order chi connectivity index (χ1) is 15.1. The minimum Gasteiger partial charge on any atom is -0.490 e. The van der Waals surface area contributed by atoms with E-state index in [0.29, 0.717) is 33.8 Å². The molecule has 3 rings (SSSR count). The first-order valence-electron chi connectivity index (χ1n) is 10.2. The molecule has 1 aliphatic heterocycles. The summed E-state index contributed by atoms with van der Waals surface area (Å²) in [7, 11) is 0. The number of nitrogens with one attached hydrogen (secondary N) is 1. The summed E-state index contributed by atoms with van der Waals surface area (Å²) in [4.78, 5) is 39.3. The molecule has 4 amide bonds. The Balaban J connectivity index is 2.07. The molecule has 1 aliphatic rings. The van der Waals surface area contributed by atoms with Crippen LogP contribution in [0, 0.1) is 13.8 Å². The van der Waals surface area contributed by atoms with Gasteiger partial charge >= 0.3 is 6.03 Å². The summed E-state index contributed by atoms with van der Waals surface area (Å²) in [6.07, 6.45) is 1.37. The smallest absolute Gasteiger partial charge is 0.335 e. The second kappa shape index (κ2) is 9.56. The van der Waals surface area contributed by atoms with Gasteiger partial charge in [0, 0.05) is 0 Å². The van der Waals surface area contributed by atoms with E-state index >= 15 is 0 Å². The van der Waals surface area contributed by atoms with Gasteiger partial charge in [-0.2, -0.15) is 0 Å². The molecule has 2 aromatic rings. The van der Waals surface area contributed by atoms with Crippen molar-refractivity contribution in [3.8, 4) is 11.5 Å². The first-order valence-corrected chi connectivity index (χ1v) is 11.0. The maximum absolute atomic E-state index is 13.2. The predicted molar refractivity (Wildman–Crippen MR) is 126 cm³/mol. The van der Waals surface area contributed by atoms with Crippen LogP contribution in [0.3, 0.4) is 0 Å². The summed E-state index contributed by atoms with van der Waals surface area (Å²) in [6, 6.07) is 8.10. The molecular weight excluding hydrogens is 476 g/mol. The van der Waals surface area contributed by atoms with Crippen molar-refractivity contribution < 1.29 is 23.9 Å². The molecule has 1 N–H and O–H groups in total. The molecule has 0 spiro atoms. The SMILES string of the molecule is CCOc1cc(/C=C2\C(=O)NC(=O)N(c3cc(C)ccc3C)C2=O)cc(Br)c1OC(C)C. The van der Waals surface area contributed by atoms with E-state index in [0.717, 1.165) is 16.0 Å². The first kappa shape index (κ1) is 23.5. The fourth-order valence-electron chi connectivity index (χ4n) is 3.29. The average molecular weight is 501 g/mol. The van der Waals surface area contributed by atoms with Crippen LogP contribution in [0.2, 0.25) is 0 Å². The van der Waals surface area contributed by atoms with Crippen LogP contribution in [0.5, 0.6) is 11.5 Å². The van der Waals surface area contributed by atoms with Crippen LogP contribution in [0.1, 0.15) is 37.5 Å². The molecule has 7 nitrogen and oxygen atoms in total. The number of barbiturate groups is 1. The van der Waals surface area contributed by atoms with Crippen LogP contribution in [0.15, 0.2) is 40.4 Å². The third kappa shape index (κ3) is 4.85. The highest BCUT2D eigenvalue weighted by atomic mass is 79.9. The van der Waals surface area contributed by atoms with Gasteiger partial charge in [0.25, 0.3) is 11.8 Å². The lowest BCUT2D eigenvalue weighted by molar-refractivity contribution is -0.122. The highest BCUT2D eigenvalue weighted by Crippen LogP contribution is 2.38. The Morgan fingerprint density at radius 2 is 1.84 bits per heavy atom. The zero-order valence-corrected chi connectivity index (χ0v) is 20.2. The monoisotopic (exact) mass is 500 g/mol. The Morgan fingerprint density at radius 3 is 2.50 bits per heavy atom. The molecule has 1 heterocycles. The van der Waals surface area contributed by atoms with E-state index in [-0.39, 0.29) is 11.7 Å². The summed E-state index contributed by atoms with van der Waals surface area (Å²) in [5.74, 6) is -0.425. The van der Waals surface area contributed by atoms with Gasteiger partial charge < -0.3 is 9.47 Å². The number of benzene rings is 2. The summed E-state index contributed by atoms with van der Waals surface area (Å²) >= 11 is 3.48. The number of aryl methyl sites for hydroxylation is 2. The number of hydrogen-bond donors (Lipinski definition) is 1. The van der Waals surface area contributed by atoms with Crippen LogP contribution < -0.4 is 19.7 Å². The molecular formula is C24H25BrN2O5. The largest absolute Gasteiger partial charge is 0.490 e. The fraction of sp³-hybridized carbons (Fsp3) is 0.292. The predicted octanol–water partition coefficient (Wildman–Crippen LogP) is 4.92. The van der Waals surface area contributed by atoms with Crippen molar-refractivity contribution in [2.75, 3.05) is 11.5 Å². The zero-order valence-electron chi connectivity index (χ0n) is 18.6. The van der Waals surface area contributed by atoms with E-state index in [1.165, 1.54) is 6.08 Å². The van der Waals surface area contributed by atoms with Gasteiger partial charge in [-0.1, -0.05) is 12.1 Å². The summed E-state index contributed by atoms with van der Waals surface area (Å²) < 4.78 is 12.2. The van der Waals surface area contributed by atoms with E-state index in [4.69, 9.17) is 9.47 Å². The van der Waals surface area contributed by atoms with Crippen molar-refractivity contribution in [1.82, 2.24) is 5.32 Å². The summed E-state index contributed by atoms with van der Waals surface area (Å²) in [5.41, 5.74) is 2.45. The number of imide groups is 2. The van der Waals surface area contributed by atoms with E-state index in [2.05, 4.69) is 21.2 Å². The average Bonchev–Trinajstić information content (AvgIpc) is 2.70. The molecule has 0 aliphatic carbocycles. The Morgan fingerprint density at radius 1 is 1.12 bits per heavy atom. The normalized spacial score (nSPS) is 15.4. The molecule has 2 aromatic carbocycles. The molecule has 8 heteroatoms. The van der Waals surface area contributed by atoms with Crippen LogP contribution in [0.25, 0.3) is 6.08 Å². The number of carbonyl (C=O) groups is 3. The molecule has 1 saturated heterocycles. The summed E-state index contributed by atoms with van der Waals surface area (Å²) in [6.45, 7) is 9.74. The van der Waals surface area contributed by atoms with E-state index in [9.17, 15) is 14.4 Å². The highest BCUT2D eigenvalue weighted by molar-refractivity contribution is 9.10. The quantitative estimate of drug-likeness (QED) is 0.449. The molecule has 168 valence electrons. The maximum atomic E-state index is 13.2. The van der Waals surface area contributed by atoms with Crippen molar-refractivity contribution in [2.45, 2.75) is 40.7 Å². The molecule has 0 aromatic heterocycles. The standard InChI is InChI=1S/C24H25BrN2O5/c1-6-31-20-12-16(11-18(25)21(20)32-13(2)3)10-17-22(28)26-24(30)27(23(17)29)19-9-14(4)7-8-15(19)5/h7-13H,6H2,1-5H3,(H,26,28,30)/b17-10+.